The minimum Gasteiger partial charge on any atom is -0.340 e. The van der Waals surface area contributed by atoms with Crippen molar-refractivity contribution < 1.29 is 4.92 Å². The van der Waals surface area contributed by atoms with Crippen molar-refractivity contribution in [3.8, 4) is 11.3 Å². The fraction of sp³-hybridized carbons (Fsp3) is 0.143. The number of aromatic nitrogens is 3. The maximum atomic E-state index is 11.1. The maximum Gasteiger partial charge on any atom is 0.270 e. The van der Waals surface area contributed by atoms with Crippen molar-refractivity contribution in [2.45, 2.75) is 20.8 Å². The van der Waals surface area contributed by atoms with Crippen LogP contribution in [0.2, 0.25) is 0 Å². The van der Waals surface area contributed by atoms with Crippen LogP contribution >= 0.6 is 0 Å². The summed E-state index contributed by atoms with van der Waals surface area (Å²) in [5, 5.41) is 19.1. The van der Waals surface area contributed by atoms with Gasteiger partial charge in [0.05, 0.1) is 10.6 Å². The van der Waals surface area contributed by atoms with Crippen molar-refractivity contribution in [3.63, 3.8) is 0 Å². The van der Waals surface area contributed by atoms with Gasteiger partial charge in [0, 0.05) is 41.2 Å². The van der Waals surface area contributed by atoms with E-state index in [0.717, 1.165) is 17.2 Å². The van der Waals surface area contributed by atoms with Gasteiger partial charge in [0.25, 0.3) is 5.69 Å². The topological polar surface area (TPSA) is 85.4 Å². The Labute approximate surface area is 161 Å². The summed E-state index contributed by atoms with van der Waals surface area (Å²) in [7, 11) is 0. The van der Waals surface area contributed by atoms with Gasteiger partial charge in [0.2, 0.25) is 0 Å². The van der Waals surface area contributed by atoms with Crippen LogP contribution < -0.4 is 5.32 Å². The Morgan fingerprint density at radius 1 is 1.00 bits per heavy atom. The van der Waals surface area contributed by atoms with Crippen LogP contribution in [0.25, 0.3) is 16.9 Å². The third-order valence-corrected chi connectivity index (χ3v) is 4.69. The Hall–Kier alpha value is -3.74. The lowest BCUT2D eigenvalue weighted by Gasteiger charge is -2.11. The molecular formula is C21H19N5O2. The van der Waals surface area contributed by atoms with Gasteiger partial charge >= 0.3 is 0 Å². The molecule has 7 heteroatoms. The van der Waals surface area contributed by atoms with E-state index in [9.17, 15) is 10.1 Å². The molecule has 4 aromatic rings. The fourth-order valence-corrected chi connectivity index (χ4v) is 3.08. The van der Waals surface area contributed by atoms with Crippen LogP contribution in [-0.4, -0.2) is 19.5 Å². The van der Waals surface area contributed by atoms with Crippen LogP contribution in [0.3, 0.4) is 0 Å². The highest BCUT2D eigenvalue weighted by Crippen LogP contribution is 2.26. The van der Waals surface area contributed by atoms with Crippen LogP contribution in [0.5, 0.6) is 0 Å². The number of nitrogens with zero attached hydrogens (tertiary/aromatic N) is 4. The second-order valence-corrected chi connectivity index (χ2v) is 6.81. The van der Waals surface area contributed by atoms with Crippen molar-refractivity contribution >= 4 is 22.8 Å². The lowest BCUT2D eigenvalue weighted by molar-refractivity contribution is -0.384. The van der Waals surface area contributed by atoms with Crippen molar-refractivity contribution in [1.29, 1.82) is 0 Å². The van der Waals surface area contributed by atoms with E-state index in [1.807, 2.05) is 25.1 Å². The molecule has 0 bridgehead atoms. The normalized spacial score (nSPS) is 11.0. The van der Waals surface area contributed by atoms with E-state index in [1.54, 1.807) is 16.6 Å². The molecular weight excluding hydrogens is 354 g/mol. The summed E-state index contributed by atoms with van der Waals surface area (Å²) in [6.07, 6.45) is 0. The van der Waals surface area contributed by atoms with Crippen LogP contribution in [0.1, 0.15) is 16.8 Å². The maximum absolute atomic E-state index is 11.1. The summed E-state index contributed by atoms with van der Waals surface area (Å²) in [5.74, 6) is 0.780. The predicted molar refractivity (Wildman–Crippen MR) is 109 cm³/mol. The Bertz CT molecular complexity index is 1210. The molecule has 28 heavy (non-hydrogen) atoms. The van der Waals surface area contributed by atoms with E-state index >= 15 is 0 Å². The molecule has 0 aliphatic carbocycles. The van der Waals surface area contributed by atoms with Gasteiger partial charge in [-0.3, -0.25) is 10.1 Å². The van der Waals surface area contributed by atoms with Gasteiger partial charge < -0.3 is 5.32 Å². The largest absolute Gasteiger partial charge is 0.340 e. The monoisotopic (exact) mass is 373 g/mol. The average Bonchev–Trinajstić information content (AvgIpc) is 3.09. The highest BCUT2D eigenvalue weighted by molar-refractivity contribution is 5.69. The van der Waals surface area contributed by atoms with Gasteiger partial charge in [0.1, 0.15) is 5.82 Å². The number of nitrogens with one attached hydrogen (secondary N) is 1. The number of benzene rings is 2. The minimum absolute atomic E-state index is 0.0344. The fourth-order valence-electron chi connectivity index (χ4n) is 3.08. The molecule has 1 N–H and O–H groups in total. The lowest BCUT2D eigenvalue weighted by Crippen LogP contribution is -2.02. The Morgan fingerprint density at radius 3 is 2.57 bits per heavy atom. The van der Waals surface area contributed by atoms with E-state index < -0.39 is 4.92 Å². The smallest absolute Gasteiger partial charge is 0.270 e. The molecule has 0 saturated heterocycles. The van der Waals surface area contributed by atoms with Gasteiger partial charge in [-0.1, -0.05) is 18.2 Å². The number of nitro benzene ring substituents is 1. The molecule has 0 atom stereocenters. The molecule has 4 rings (SSSR count). The second kappa shape index (κ2) is 6.77. The highest BCUT2D eigenvalue weighted by Gasteiger charge is 2.13. The number of rotatable bonds is 4. The minimum atomic E-state index is -0.408. The van der Waals surface area contributed by atoms with E-state index in [4.69, 9.17) is 0 Å². The number of hydrogen-bond acceptors (Lipinski definition) is 5. The molecule has 0 radical (unpaired) electrons. The zero-order valence-electron chi connectivity index (χ0n) is 15.8. The first-order chi connectivity index (χ1) is 13.4. The Morgan fingerprint density at radius 2 is 1.82 bits per heavy atom. The molecule has 0 spiro atoms. The van der Waals surface area contributed by atoms with E-state index in [0.29, 0.717) is 16.9 Å². The average molecular weight is 373 g/mol. The molecule has 2 heterocycles. The molecule has 7 nitrogen and oxygen atoms in total. The van der Waals surface area contributed by atoms with Crippen LogP contribution in [-0.2, 0) is 0 Å². The molecule has 2 aromatic heterocycles. The van der Waals surface area contributed by atoms with Crippen molar-refractivity contribution in [1.82, 2.24) is 14.6 Å². The third-order valence-electron chi connectivity index (χ3n) is 4.69. The number of hydrogen-bond donors (Lipinski definition) is 1. The van der Waals surface area contributed by atoms with Gasteiger partial charge in [-0.15, -0.1) is 0 Å². The summed E-state index contributed by atoms with van der Waals surface area (Å²) in [5.41, 5.74) is 6.25. The van der Waals surface area contributed by atoms with E-state index in [1.165, 1.54) is 23.3 Å². The van der Waals surface area contributed by atoms with Gasteiger partial charge in [-0.2, -0.15) is 9.61 Å². The standard InChI is InChI=1S/C21H19N5O2/c1-13-7-8-17(9-14(13)2)23-20-10-15(3)22-21-12-19(24-25(20)21)16-5-4-6-18(11-16)26(27)28/h4-12,23H,1-3H3. The van der Waals surface area contributed by atoms with Crippen LogP contribution in [0.15, 0.2) is 54.6 Å². The van der Waals surface area contributed by atoms with E-state index in [-0.39, 0.29) is 5.69 Å². The summed E-state index contributed by atoms with van der Waals surface area (Å²) < 4.78 is 1.72. The molecule has 140 valence electrons. The Kier molecular flexibility index (Phi) is 4.27. The number of non-ortho nitro benzene ring substituents is 1. The first-order valence-corrected chi connectivity index (χ1v) is 8.87. The number of anilines is 2. The van der Waals surface area contributed by atoms with Crippen molar-refractivity contribution in [2.24, 2.45) is 0 Å². The lowest BCUT2D eigenvalue weighted by atomic mass is 10.1. The predicted octanol–water partition coefficient (Wildman–Crippen LogP) is 4.97. The summed E-state index contributed by atoms with van der Waals surface area (Å²) >= 11 is 0. The second-order valence-electron chi connectivity index (χ2n) is 6.81. The van der Waals surface area contributed by atoms with Crippen LogP contribution in [0, 0.1) is 30.9 Å². The summed E-state index contributed by atoms with van der Waals surface area (Å²) in [6, 6.07) is 16.4. The van der Waals surface area contributed by atoms with Gasteiger partial charge in [-0.25, -0.2) is 4.98 Å². The van der Waals surface area contributed by atoms with Crippen LogP contribution in [0.4, 0.5) is 17.2 Å². The number of nitro groups is 1. The molecule has 0 aliphatic rings. The zero-order chi connectivity index (χ0) is 19.8. The molecule has 0 saturated carbocycles. The quantitative estimate of drug-likeness (QED) is 0.403. The highest BCUT2D eigenvalue weighted by atomic mass is 16.6. The third kappa shape index (κ3) is 3.29. The first-order valence-electron chi connectivity index (χ1n) is 8.87. The van der Waals surface area contributed by atoms with Gasteiger partial charge in [-0.05, 0) is 44.0 Å². The number of aryl methyl sites for hydroxylation is 3. The molecule has 0 fully saturated rings. The van der Waals surface area contributed by atoms with E-state index in [2.05, 4.69) is 41.4 Å². The summed E-state index contributed by atoms with van der Waals surface area (Å²) in [4.78, 5) is 15.2. The SMILES string of the molecule is Cc1cc(Nc2ccc(C)c(C)c2)n2nc(-c3cccc([N+](=O)[O-])c3)cc2n1. The zero-order valence-corrected chi connectivity index (χ0v) is 15.8. The molecule has 0 unspecified atom stereocenters. The molecule has 0 amide bonds. The first kappa shape index (κ1) is 17.7. The van der Waals surface area contributed by atoms with Crippen molar-refractivity contribution in [2.75, 3.05) is 5.32 Å². The van der Waals surface area contributed by atoms with Gasteiger partial charge in [0.15, 0.2) is 5.65 Å². The molecule has 2 aromatic carbocycles. The summed E-state index contributed by atoms with van der Waals surface area (Å²) in [6.45, 7) is 6.07. The Balaban J connectivity index is 1.79. The van der Waals surface area contributed by atoms with Crippen molar-refractivity contribution in [3.05, 3.63) is 81.5 Å². The molecule has 0 aliphatic heterocycles. The number of fused-ring (bicyclic) bond motifs is 1.